The van der Waals surface area contributed by atoms with E-state index in [1.54, 1.807) is 0 Å². The van der Waals surface area contributed by atoms with Crippen molar-refractivity contribution in [2.45, 2.75) is 5.92 Å². The predicted octanol–water partition coefficient (Wildman–Crippen LogP) is 20.2. The van der Waals surface area contributed by atoms with Crippen molar-refractivity contribution in [3.63, 3.8) is 0 Å². The highest BCUT2D eigenvalue weighted by molar-refractivity contribution is 6.17. The van der Waals surface area contributed by atoms with Gasteiger partial charge < -0.3 is 17.8 Å². The summed E-state index contributed by atoms with van der Waals surface area (Å²) < 4.78 is 22.5. The number of rotatable bonds is 7. The summed E-state index contributed by atoms with van der Waals surface area (Å²) in [5.41, 5.74) is 21.4. The third kappa shape index (κ3) is 7.01. The van der Waals surface area contributed by atoms with E-state index in [-0.39, 0.29) is 5.92 Å². The molecule has 0 N–H and O–H groups in total. The molecule has 83 heavy (non-hydrogen) atoms. The van der Waals surface area contributed by atoms with E-state index in [9.17, 15) is 0 Å². The maximum Gasteiger partial charge on any atom is 0.164 e. The maximum atomic E-state index is 6.76. The van der Waals surface area contributed by atoms with Crippen molar-refractivity contribution < 1.29 is 13.3 Å². The SMILES string of the molecule is c1ccc(-c2nc(-c3ccc4c(c3)oc3ccc(-n5c6ccccc6c6ccccc65)cc34)nc(-c3cccc4oc5ccc(-c6cc(-c7ccc8c(c7)C(c7ccccc7)c7ccccc7-8)cc7oc8ccccc8c67)cc5c34)n2)cc1. The molecule has 386 valence electrons. The fourth-order valence-corrected chi connectivity index (χ4v) is 13.4. The van der Waals surface area contributed by atoms with Crippen LogP contribution in [0.5, 0.6) is 0 Å². The van der Waals surface area contributed by atoms with Crippen molar-refractivity contribution in [3.05, 3.63) is 278 Å². The molecule has 1 atom stereocenters. The molecule has 1 aliphatic rings. The van der Waals surface area contributed by atoms with Gasteiger partial charge in [-0.3, -0.25) is 0 Å². The fourth-order valence-electron chi connectivity index (χ4n) is 13.4. The molecule has 0 radical (unpaired) electrons. The minimum atomic E-state index is 0.126. The molecule has 0 amide bonds. The summed E-state index contributed by atoms with van der Waals surface area (Å²) in [4.78, 5) is 15.8. The molecule has 1 unspecified atom stereocenters. The summed E-state index contributed by atoms with van der Waals surface area (Å²) >= 11 is 0. The first-order valence-corrected chi connectivity index (χ1v) is 28.1. The molecule has 0 saturated heterocycles. The van der Waals surface area contributed by atoms with Gasteiger partial charge in [-0.1, -0.05) is 176 Å². The van der Waals surface area contributed by atoms with Crippen molar-refractivity contribution >= 4 is 87.6 Å². The molecular weight excluding hydrogens is 1020 g/mol. The molecule has 1 aliphatic carbocycles. The number of nitrogens with zero attached hydrogens (tertiary/aromatic N) is 4. The van der Waals surface area contributed by atoms with Gasteiger partial charge in [0.15, 0.2) is 17.5 Å². The van der Waals surface area contributed by atoms with Crippen LogP contribution >= 0.6 is 0 Å². The van der Waals surface area contributed by atoms with Crippen LogP contribution in [0.4, 0.5) is 0 Å². The van der Waals surface area contributed by atoms with Crippen LogP contribution in [-0.2, 0) is 0 Å². The predicted molar refractivity (Wildman–Crippen MR) is 336 cm³/mol. The third-order valence-electron chi connectivity index (χ3n) is 17.1. The van der Waals surface area contributed by atoms with Crippen molar-refractivity contribution in [1.82, 2.24) is 19.5 Å². The van der Waals surface area contributed by atoms with Gasteiger partial charge in [-0.15, -0.1) is 0 Å². The van der Waals surface area contributed by atoms with Crippen LogP contribution in [0, 0.1) is 0 Å². The van der Waals surface area contributed by atoms with Crippen LogP contribution in [0.25, 0.3) is 161 Å². The average Bonchev–Trinajstić information content (AvgIpc) is 3.65. The molecule has 18 rings (SSSR count). The number of para-hydroxylation sites is 3. The zero-order chi connectivity index (χ0) is 54.3. The Hall–Kier alpha value is -11.2. The largest absolute Gasteiger partial charge is 0.456 e. The number of hydrogen-bond donors (Lipinski definition) is 0. The second-order valence-corrected chi connectivity index (χ2v) is 21.8. The molecular formula is C76H44N4O3. The monoisotopic (exact) mass is 1060 g/mol. The Kier molecular flexibility index (Phi) is 9.73. The van der Waals surface area contributed by atoms with E-state index < -0.39 is 0 Å². The summed E-state index contributed by atoms with van der Waals surface area (Å²) in [5, 5.41) is 8.48. The standard InChI is InChI=1S/C76H44N4O3/c1-3-16-44(17-4-1)71-56-23-8-7-20-51(56)52-34-30-46(38-61(52)71)49-40-59(72-57-24-11-14-28-65(57)83-70(72)42-49)47-32-36-67-62(39-47)73-58(25-15-29-68(73)81-67)76-78-74(45-18-5-2-6-19-45)77-75(79-76)48-31-35-55-60-43-50(33-37-66(60)82-69(55)41-48)80-63-26-12-9-21-53(63)54-22-10-13-27-64(54)80/h1-43,71H. The lowest BCUT2D eigenvalue weighted by atomic mass is 9.87. The summed E-state index contributed by atoms with van der Waals surface area (Å²) in [6.45, 7) is 0. The second-order valence-electron chi connectivity index (χ2n) is 21.8. The molecule has 0 bridgehead atoms. The maximum absolute atomic E-state index is 6.76. The smallest absolute Gasteiger partial charge is 0.164 e. The topological polar surface area (TPSA) is 83.0 Å². The fraction of sp³-hybridized carbons (Fsp3) is 0.0132. The van der Waals surface area contributed by atoms with Crippen LogP contribution in [0.2, 0.25) is 0 Å². The lowest BCUT2D eigenvalue weighted by Gasteiger charge is -2.16. The second kappa shape index (κ2) is 17.7. The quantitative estimate of drug-likeness (QED) is 0.158. The number of benzene rings is 12. The highest BCUT2D eigenvalue weighted by Gasteiger charge is 2.31. The molecule has 0 aliphatic heterocycles. The summed E-state index contributed by atoms with van der Waals surface area (Å²) in [7, 11) is 0. The van der Waals surface area contributed by atoms with E-state index in [2.05, 4.69) is 217 Å². The van der Waals surface area contributed by atoms with Crippen LogP contribution in [-0.4, -0.2) is 19.5 Å². The first kappa shape index (κ1) is 45.7. The van der Waals surface area contributed by atoms with E-state index in [1.807, 2.05) is 48.5 Å². The van der Waals surface area contributed by atoms with Gasteiger partial charge in [0.2, 0.25) is 0 Å². The molecule has 0 spiro atoms. The van der Waals surface area contributed by atoms with Crippen LogP contribution in [0.3, 0.4) is 0 Å². The first-order chi connectivity index (χ1) is 41.1. The Bertz CT molecular complexity index is 5480. The minimum absolute atomic E-state index is 0.126. The molecule has 5 aromatic heterocycles. The van der Waals surface area contributed by atoms with Crippen LogP contribution < -0.4 is 0 Å². The Morgan fingerprint density at radius 1 is 0.277 bits per heavy atom. The van der Waals surface area contributed by atoms with Gasteiger partial charge in [-0.2, -0.15) is 0 Å². The summed E-state index contributed by atoms with van der Waals surface area (Å²) in [6, 6.07) is 92.2. The Morgan fingerprint density at radius 2 is 0.867 bits per heavy atom. The zero-order valence-electron chi connectivity index (χ0n) is 44.4. The Labute approximate surface area is 474 Å². The van der Waals surface area contributed by atoms with Gasteiger partial charge in [-0.25, -0.2) is 15.0 Å². The summed E-state index contributed by atoms with van der Waals surface area (Å²) in [5.74, 6) is 1.75. The van der Waals surface area contributed by atoms with Gasteiger partial charge in [-0.05, 0) is 135 Å². The lowest BCUT2D eigenvalue weighted by Crippen LogP contribution is -2.00. The van der Waals surface area contributed by atoms with Crippen LogP contribution in [0.1, 0.15) is 22.6 Å². The van der Waals surface area contributed by atoms with Crippen molar-refractivity contribution in [2.24, 2.45) is 0 Å². The Morgan fingerprint density at radius 3 is 1.71 bits per heavy atom. The molecule has 0 saturated carbocycles. The summed E-state index contributed by atoms with van der Waals surface area (Å²) in [6.07, 6.45) is 0. The van der Waals surface area contributed by atoms with E-state index >= 15 is 0 Å². The van der Waals surface area contributed by atoms with E-state index in [1.165, 1.54) is 38.6 Å². The van der Waals surface area contributed by atoms with Gasteiger partial charge in [0.05, 0.1) is 11.0 Å². The number of furan rings is 3. The van der Waals surface area contributed by atoms with Gasteiger partial charge in [0.1, 0.15) is 33.5 Å². The van der Waals surface area contributed by atoms with E-state index in [0.29, 0.717) is 17.5 Å². The van der Waals surface area contributed by atoms with Crippen molar-refractivity contribution in [1.29, 1.82) is 0 Å². The first-order valence-electron chi connectivity index (χ1n) is 28.1. The minimum Gasteiger partial charge on any atom is -0.456 e. The molecule has 12 aromatic carbocycles. The molecule has 5 heterocycles. The van der Waals surface area contributed by atoms with Gasteiger partial charge in [0.25, 0.3) is 0 Å². The zero-order valence-corrected chi connectivity index (χ0v) is 44.4. The van der Waals surface area contributed by atoms with Gasteiger partial charge >= 0.3 is 0 Å². The molecule has 7 heteroatoms. The molecule has 17 aromatic rings. The lowest BCUT2D eigenvalue weighted by molar-refractivity contribution is 0.668. The number of fused-ring (bicyclic) bond motifs is 15. The van der Waals surface area contributed by atoms with E-state index in [0.717, 1.165) is 121 Å². The van der Waals surface area contributed by atoms with E-state index in [4.69, 9.17) is 28.2 Å². The Balaban J connectivity index is 0.781. The molecule has 0 fully saturated rings. The normalized spacial score (nSPS) is 13.2. The average molecular weight is 1060 g/mol. The van der Waals surface area contributed by atoms with Crippen molar-refractivity contribution in [3.8, 4) is 73.2 Å². The molecule has 7 nitrogen and oxygen atoms in total. The third-order valence-corrected chi connectivity index (χ3v) is 17.1. The van der Waals surface area contributed by atoms with Crippen LogP contribution in [0.15, 0.2) is 274 Å². The van der Waals surface area contributed by atoms with Gasteiger partial charge in [0, 0.05) is 71.4 Å². The number of aromatic nitrogens is 4. The number of hydrogen-bond acceptors (Lipinski definition) is 6. The highest BCUT2D eigenvalue weighted by atomic mass is 16.3. The highest BCUT2D eigenvalue weighted by Crippen LogP contribution is 2.50. The van der Waals surface area contributed by atoms with Crippen molar-refractivity contribution in [2.75, 3.05) is 0 Å².